The zero-order valence-corrected chi connectivity index (χ0v) is 14.0. The fraction of sp³-hybridized carbons (Fsp3) is 0.167. The second kappa shape index (κ2) is 9.07. The summed E-state index contributed by atoms with van der Waals surface area (Å²) in [4.78, 5) is 23.1. The number of hydrogen-bond donors (Lipinski definition) is 2. The number of nitrogens with one attached hydrogen (secondary N) is 2. The first-order chi connectivity index (χ1) is 12.1. The summed E-state index contributed by atoms with van der Waals surface area (Å²) in [6.07, 6.45) is 1.49. The Labute approximate surface area is 145 Å². The monoisotopic (exact) mass is 341 g/mol. The molecule has 0 bridgehead atoms. The number of esters is 1. The maximum Gasteiger partial charge on any atom is 0.337 e. The predicted molar refractivity (Wildman–Crippen MR) is 95.0 cm³/mol. The van der Waals surface area contributed by atoms with Gasteiger partial charge in [0.2, 0.25) is 0 Å². The minimum absolute atomic E-state index is 0.0882. The molecule has 2 rings (SSSR count). The van der Waals surface area contributed by atoms with Crippen LogP contribution in [-0.4, -0.2) is 38.9 Å². The average Bonchev–Trinajstić information content (AvgIpc) is 2.66. The highest BCUT2D eigenvalue weighted by molar-refractivity contribution is 5.91. The molecule has 0 aliphatic heterocycles. The molecular weight excluding hydrogens is 322 g/mol. The summed E-state index contributed by atoms with van der Waals surface area (Å²) in [6, 6.07) is 13.9. The maximum absolute atomic E-state index is 11.7. The van der Waals surface area contributed by atoms with Gasteiger partial charge in [-0.05, 0) is 42.0 Å². The quantitative estimate of drug-likeness (QED) is 0.457. The molecule has 0 saturated carbocycles. The minimum Gasteiger partial charge on any atom is -0.497 e. The van der Waals surface area contributed by atoms with Crippen LogP contribution >= 0.6 is 0 Å². The number of methoxy groups -OCH3 is 2. The molecule has 25 heavy (non-hydrogen) atoms. The van der Waals surface area contributed by atoms with E-state index in [0.717, 1.165) is 17.0 Å². The van der Waals surface area contributed by atoms with E-state index in [-0.39, 0.29) is 12.5 Å². The molecule has 0 aromatic heterocycles. The SMILES string of the molecule is COC(=O)c1ccc(/C=N\NC(=O)CNc2ccc(OC)cc2)cc1. The van der Waals surface area contributed by atoms with Gasteiger partial charge in [0.25, 0.3) is 5.91 Å². The predicted octanol–water partition coefficient (Wildman–Crippen LogP) is 2.04. The lowest BCUT2D eigenvalue weighted by molar-refractivity contribution is -0.119. The molecule has 0 fully saturated rings. The topological polar surface area (TPSA) is 89.0 Å². The highest BCUT2D eigenvalue weighted by Gasteiger charge is 2.03. The van der Waals surface area contributed by atoms with E-state index in [1.807, 2.05) is 12.1 Å². The van der Waals surface area contributed by atoms with E-state index in [9.17, 15) is 9.59 Å². The Balaban J connectivity index is 1.78. The Morgan fingerprint density at radius 3 is 2.32 bits per heavy atom. The van der Waals surface area contributed by atoms with Crippen molar-refractivity contribution < 1.29 is 19.1 Å². The summed E-state index contributed by atoms with van der Waals surface area (Å²) >= 11 is 0. The van der Waals surface area contributed by atoms with Gasteiger partial charge in [-0.3, -0.25) is 4.79 Å². The molecule has 0 aliphatic rings. The van der Waals surface area contributed by atoms with Gasteiger partial charge >= 0.3 is 5.97 Å². The Morgan fingerprint density at radius 1 is 1.04 bits per heavy atom. The Kier molecular flexibility index (Phi) is 6.53. The van der Waals surface area contributed by atoms with Crippen LogP contribution < -0.4 is 15.5 Å². The number of benzene rings is 2. The van der Waals surface area contributed by atoms with E-state index in [2.05, 4.69) is 20.6 Å². The van der Waals surface area contributed by atoms with Gasteiger partial charge in [0.15, 0.2) is 0 Å². The molecule has 0 heterocycles. The zero-order chi connectivity index (χ0) is 18.1. The molecule has 2 aromatic rings. The number of rotatable bonds is 7. The van der Waals surface area contributed by atoms with Gasteiger partial charge in [-0.2, -0.15) is 5.10 Å². The molecule has 7 nitrogen and oxygen atoms in total. The maximum atomic E-state index is 11.7. The first-order valence-corrected chi connectivity index (χ1v) is 7.50. The second-order valence-corrected chi connectivity index (χ2v) is 4.99. The van der Waals surface area contributed by atoms with Crippen molar-refractivity contribution in [3.63, 3.8) is 0 Å². The van der Waals surface area contributed by atoms with Crippen LogP contribution in [0.4, 0.5) is 5.69 Å². The van der Waals surface area contributed by atoms with Gasteiger partial charge in [-0.1, -0.05) is 12.1 Å². The molecular formula is C18H19N3O4. The normalized spacial score (nSPS) is 10.3. The van der Waals surface area contributed by atoms with Crippen molar-refractivity contribution in [1.82, 2.24) is 5.43 Å². The summed E-state index contributed by atoms with van der Waals surface area (Å²) in [5, 5.41) is 6.85. The highest BCUT2D eigenvalue weighted by Crippen LogP contribution is 2.14. The van der Waals surface area contributed by atoms with E-state index in [4.69, 9.17) is 4.74 Å². The van der Waals surface area contributed by atoms with Crippen molar-refractivity contribution in [3.05, 3.63) is 59.7 Å². The van der Waals surface area contributed by atoms with E-state index in [1.165, 1.54) is 13.3 Å². The molecule has 0 spiro atoms. The summed E-state index contributed by atoms with van der Waals surface area (Å²) in [6.45, 7) is 0.0882. The Morgan fingerprint density at radius 2 is 1.72 bits per heavy atom. The van der Waals surface area contributed by atoms with Crippen molar-refractivity contribution in [3.8, 4) is 5.75 Å². The summed E-state index contributed by atoms with van der Waals surface area (Å²) in [7, 11) is 2.92. The number of amides is 1. The molecule has 0 radical (unpaired) electrons. The summed E-state index contributed by atoms with van der Waals surface area (Å²) in [5.74, 6) is 0.0671. The first-order valence-electron chi connectivity index (χ1n) is 7.50. The number of anilines is 1. The number of ether oxygens (including phenoxy) is 2. The van der Waals surface area contributed by atoms with Crippen molar-refractivity contribution in [2.75, 3.05) is 26.1 Å². The van der Waals surface area contributed by atoms with E-state index in [0.29, 0.717) is 5.56 Å². The molecule has 0 atom stereocenters. The van der Waals surface area contributed by atoms with Gasteiger partial charge < -0.3 is 14.8 Å². The zero-order valence-electron chi connectivity index (χ0n) is 14.0. The van der Waals surface area contributed by atoms with Crippen LogP contribution in [0.15, 0.2) is 53.6 Å². The molecule has 0 saturated heterocycles. The molecule has 7 heteroatoms. The number of nitrogens with zero attached hydrogens (tertiary/aromatic N) is 1. The van der Waals surface area contributed by atoms with E-state index in [1.54, 1.807) is 43.5 Å². The van der Waals surface area contributed by atoms with Gasteiger partial charge in [0.1, 0.15) is 5.75 Å². The van der Waals surface area contributed by atoms with Crippen LogP contribution in [0.2, 0.25) is 0 Å². The molecule has 0 unspecified atom stereocenters. The van der Waals surface area contributed by atoms with Crippen molar-refractivity contribution in [2.45, 2.75) is 0 Å². The van der Waals surface area contributed by atoms with Crippen LogP contribution in [0.3, 0.4) is 0 Å². The molecule has 1 amide bonds. The second-order valence-electron chi connectivity index (χ2n) is 4.99. The number of carbonyl (C=O) groups is 2. The van der Waals surface area contributed by atoms with Crippen LogP contribution in [0, 0.1) is 0 Å². The molecule has 2 aromatic carbocycles. The van der Waals surface area contributed by atoms with Crippen LogP contribution in [0.5, 0.6) is 5.75 Å². The van der Waals surface area contributed by atoms with Crippen LogP contribution in [0.25, 0.3) is 0 Å². The van der Waals surface area contributed by atoms with E-state index < -0.39 is 5.97 Å². The molecule has 2 N–H and O–H groups in total. The highest BCUT2D eigenvalue weighted by atomic mass is 16.5. The Hall–Kier alpha value is -3.35. The summed E-state index contributed by atoms with van der Waals surface area (Å²) < 4.78 is 9.69. The van der Waals surface area contributed by atoms with E-state index >= 15 is 0 Å². The number of hydrazone groups is 1. The van der Waals surface area contributed by atoms with Crippen molar-refractivity contribution >= 4 is 23.8 Å². The lowest BCUT2D eigenvalue weighted by Gasteiger charge is -2.06. The van der Waals surface area contributed by atoms with Gasteiger partial charge in [0.05, 0.1) is 32.5 Å². The van der Waals surface area contributed by atoms with Gasteiger partial charge in [-0.25, -0.2) is 10.2 Å². The fourth-order valence-electron chi connectivity index (χ4n) is 1.93. The fourth-order valence-corrected chi connectivity index (χ4v) is 1.93. The lowest BCUT2D eigenvalue weighted by atomic mass is 10.1. The number of carbonyl (C=O) groups excluding carboxylic acids is 2. The van der Waals surface area contributed by atoms with Crippen molar-refractivity contribution in [1.29, 1.82) is 0 Å². The number of hydrogen-bond acceptors (Lipinski definition) is 6. The largest absolute Gasteiger partial charge is 0.497 e. The summed E-state index contributed by atoms with van der Waals surface area (Å²) in [5.41, 5.74) is 4.43. The Bertz CT molecular complexity index is 740. The van der Waals surface area contributed by atoms with Gasteiger partial charge in [-0.15, -0.1) is 0 Å². The average molecular weight is 341 g/mol. The minimum atomic E-state index is -0.401. The molecule has 130 valence electrons. The van der Waals surface area contributed by atoms with Crippen LogP contribution in [0.1, 0.15) is 15.9 Å². The third-order valence-corrected chi connectivity index (χ3v) is 3.28. The third kappa shape index (κ3) is 5.65. The van der Waals surface area contributed by atoms with Crippen LogP contribution in [-0.2, 0) is 9.53 Å². The first kappa shape index (κ1) is 18.0. The smallest absolute Gasteiger partial charge is 0.337 e. The lowest BCUT2D eigenvalue weighted by Crippen LogP contribution is -2.25. The molecule has 0 aliphatic carbocycles. The van der Waals surface area contributed by atoms with Gasteiger partial charge in [0, 0.05) is 5.69 Å². The third-order valence-electron chi connectivity index (χ3n) is 3.28. The van der Waals surface area contributed by atoms with Crippen molar-refractivity contribution in [2.24, 2.45) is 5.10 Å². The standard InChI is InChI=1S/C18H19N3O4/c1-24-16-9-7-15(8-10-16)19-12-17(22)21-20-11-13-3-5-14(6-4-13)18(23)25-2/h3-11,19H,12H2,1-2H3,(H,21,22)/b20-11-.